The Balaban J connectivity index is 1.96. The Hall–Kier alpha value is -2.50. The van der Waals surface area contributed by atoms with Crippen LogP contribution in [0.2, 0.25) is 0 Å². The molecule has 0 saturated carbocycles. The molecule has 0 aromatic heterocycles. The molecule has 2 rings (SSSR count). The summed E-state index contributed by atoms with van der Waals surface area (Å²) in [5.41, 5.74) is -0.0527. The molecule has 1 amide bonds. The minimum Gasteiger partial charge on any atom is -0.494 e. The topological polar surface area (TPSA) is 38.3 Å². The van der Waals surface area contributed by atoms with E-state index >= 15 is 0 Å². The average Bonchev–Trinajstić information content (AvgIpc) is 2.55. The van der Waals surface area contributed by atoms with Crippen LogP contribution in [0.15, 0.2) is 48.5 Å². The maximum Gasteiger partial charge on any atom is 0.416 e. The third-order valence-corrected chi connectivity index (χ3v) is 3.35. The third kappa shape index (κ3) is 5.01. The summed E-state index contributed by atoms with van der Waals surface area (Å²) in [4.78, 5) is 12.1. The molecule has 0 spiro atoms. The predicted molar refractivity (Wildman–Crippen MR) is 86.2 cm³/mol. The lowest BCUT2D eigenvalue weighted by molar-refractivity contribution is -0.137. The monoisotopic (exact) mass is 337 g/mol. The lowest BCUT2D eigenvalue weighted by Gasteiger charge is -2.09. The SMILES string of the molecule is CCCCOc1ccc(C(=O)Nc2ccc(C(F)(F)F)cc2)cc1. The van der Waals surface area contributed by atoms with Gasteiger partial charge in [-0.15, -0.1) is 0 Å². The minimum absolute atomic E-state index is 0.302. The second-order valence-corrected chi connectivity index (χ2v) is 5.26. The zero-order valence-corrected chi connectivity index (χ0v) is 13.2. The summed E-state index contributed by atoms with van der Waals surface area (Å²) < 4.78 is 43.0. The number of ether oxygens (including phenoxy) is 1. The Kier molecular flexibility index (Phi) is 5.84. The summed E-state index contributed by atoms with van der Waals surface area (Å²) in [5.74, 6) is 0.282. The highest BCUT2D eigenvalue weighted by Gasteiger charge is 2.29. The molecule has 2 aromatic rings. The molecule has 128 valence electrons. The van der Waals surface area contributed by atoms with Crippen LogP contribution in [-0.2, 0) is 6.18 Å². The first-order valence-electron chi connectivity index (χ1n) is 7.61. The van der Waals surface area contributed by atoms with Crippen molar-refractivity contribution in [3.05, 3.63) is 59.7 Å². The van der Waals surface area contributed by atoms with E-state index in [1.54, 1.807) is 24.3 Å². The van der Waals surface area contributed by atoms with Gasteiger partial charge in [0.25, 0.3) is 5.91 Å². The predicted octanol–water partition coefficient (Wildman–Crippen LogP) is 5.14. The quantitative estimate of drug-likeness (QED) is 0.742. The fourth-order valence-electron chi connectivity index (χ4n) is 1.98. The zero-order chi connectivity index (χ0) is 17.6. The van der Waals surface area contributed by atoms with Gasteiger partial charge in [-0.05, 0) is 55.0 Å². The van der Waals surface area contributed by atoms with Crippen LogP contribution in [0, 0.1) is 0 Å². The van der Waals surface area contributed by atoms with Gasteiger partial charge in [-0.3, -0.25) is 4.79 Å². The van der Waals surface area contributed by atoms with Gasteiger partial charge in [0.15, 0.2) is 0 Å². The molecule has 0 atom stereocenters. The number of benzene rings is 2. The molecule has 0 fully saturated rings. The van der Waals surface area contributed by atoms with E-state index in [-0.39, 0.29) is 0 Å². The molecule has 0 aliphatic rings. The molecule has 3 nitrogen and oxygen atoms in total. The molecular weight excluding hydrogens is 319 g/mol. The van der Waals surface area contributed by atoms with E-state index in [0.29, 0.717) is 23.6 Å². The highest BCUT2D eigenvalue weighted by atomic mass is 19.4. The van der Waals surface area contributed by atoms with E-state index < -0.39 is 17.6 Å². The smallest absolute Gasteiger partial charge is 0.416 e. The molecule has 1 N–H and O–H groups in total. The van der Waals surface area contributed by atoms with Gasteiger partial charge in [-0.1, -0.05) is 13.3 Å². The lowest BCUT2D eigenvalue weighted by atomic mass is 10.1. The Bertz CT molecular complexity index is 664. The normalized spacial score (nSPS) is 11.2. The molecule has 0 saturated heterocycles. The first-order valence-corrected chi connectivity index (χ1v) is 7.61. The molecule has 0 aliphatic heterocycles. The number of anilines is 1. The van der Waals surface area contributed by atoms with Gasteiger partial charge >= 0.3 is 6.18 Å². The number of hydrogen-bond acceptors (Lipinski definition) is 2. The van der Waals surface area contributed by atoms with Crippen LogP contribution in [0.1, 0.15) is 35.7 Å². The van der Waals surface area contributed by atoms with E-state index in [4.69, 9.17) is 4.74 Å². The number of amides is 1. The van der Waals surface area contributed by atoms with Crippen LogP contribution in [-0.4, -0.2) is 12.5 Å². The highest BCUT2D eigenvalue weighted by molar-refractivity contribution is 6.04. The maximum absolute atomic E-state index is 12.5. The molecule has 6 heteroatoms. The largest absolute Gasteiger partial charge is 0.494 e. The van der Waals surface area contributed by atoms with Crippen molar-refractivity contribution in [2.24, 2.45) is 0 Å². The van der Waals surface area contributed by atoms with Crippen LogP contribution in [0.3, 0.4) is 0 Å². The van der Waals surface area contributed by atoms with Gasteiger partial charge in [0, 0.05) is 11.3 Å². The summed E-state index contributed by atoms with van der Waals surface area (Å²) in [7, 11) is 0. The number of unbranched alkanes of at least 4 members (excludes halogenated alkanes) is 1. The summed E-state index contributed by atoms with van der Waals surface area (Å²) in [6, 6.07) is 10.9. The molecule has 2 aromatic carbocycles. The number of rotatable bonds is 6. The second-order valence-electron chi connectivity index (χ2n) is 5.26. The standard InChI is InChI=1S/C18H18F3NO2/c1-2-3-12-24-16-10-4-13(5-11-16)17(23)22-15-8-6-14(7-9-15)18(19,20)21/h4-11H,2-3,12H2,1H3,(H,22,23). The Morgan fingerprint density at radius 3 is 2.21 bits per heavy atom. The highest BCUT2D eigenvalue weighted by Crippen LogP contribution is 2.29. The lowest BCUT2D eigenvalue weighted by Crippen LogP contribution is -2.12. The molecule has 0 unspecified atom stereocenters. The first kappa shape index (κ1) is 17.8. The van der Waals surface area contributed by atoms with E-state index in [1.807, 2.05) is 0 Å². The third-order valence-electron chi connectivity index (χ3n) is 3.35. The van der Waals surface area contributed by atoms with Gasteiger partial charge in [0.05, 0.1) is 12.2 Å². The van der Waals surface area contributed by atoms with Crippen molar-refractivity contribution in [3.63, 3.8) is 0 Å². The van der Waals surface area contributed by atoms with E-state index in [9.17, 15) is 18.0 Å². The molecule has 24 heavy (non-hydrogen) atoms. The van der Waals surface area contributed by atoms with Crippen molar-refractivity contribution in [2.75, 3.05) is 11.9 Å². The average molecular weight is 337 g/mol. The molecule has 0 aliphatic carbocycles. The van der Waals surface area contributed by atoms with Gasteiger partial charge < -0.3 is 10.1 Å². The Labute approximate surface area is 138 Å². The number of hydrogen-bond donors (Lipinski definition) is 1. The van der Waals surface area contributed by atoms with Crippen LogP contribution in [0.4, 0.5) is 18.9 Å². The fourth-order valence-corrected chi connectivity index (χ4v) is 1.98. The van der Waals surface area contributed by atoms with Crippen molar-refractivity contribution >= 4 is 11.6 Å². The van der Waals surface area contributed by atoms with Crippen molar-refractivity contribution < 1.29 is 22.7 Å². The molecular formula is C18H18F3NO2. The summed E-state index contributed by atoms with van der Waals surface area (Å²) in [6.45, 7) is 2.69. The Morgan fingerprint density at radius 2 is 1.67 bits per heavy atom. The number of carbonyl (C=O) groups is 1. The number of nitrogens with one attached hydrogen (secondary N) is 1. The summed E-state index contributed by atoms with van der Waals surface area (Å²) in [5, 5.41) is 2.56. The summed E-state index contributed by atoms with van der Waals surface area (Å²) in [6.07, 6.45) is -2.40. The van der Waals surface area contributed by atoms with E-state index in [2.05, 4.69) is 12.2 Å². The fraction of sp³-hybridized carbons (Fsp3) is 0.278. The zero-order valence-electron chi connectivity index (χ0n) is 13.2. The van der Waals surface area contributed by atoms with Crippen LogP contribution in [0.5, 0.6) is 5.75 Å². The van der Waals surface area contributed by atoms with E-state index in [1.165, 1.54) is 12.1 Å². The van der Waals surface area contributed by atoms with Crippen molar-refractivity contribution in [1.82, 2.24) is 0 Å². The summed E-state index contributed by atoms with van der Waals surface area (Å²) >= 11 is 0. The van der Waals surface area contributed by atoms with Gasteiger partial charge in [-0.25, -0.2) is 0 Å². The minimum atomic E-state index is -4.39. The van der Waals surface area contributed by atoms with Gasteiger partial charge in [0.2, 0.25) is 0 Å². The van der Waals surface area contributed by atoms with Gasteiger partial charge in [0.1, 0.15) is 5.75 Å². The van der Waals surface area contributed by atoms with E-state index in [0.717, 1.165) is 25.0 Å². The second kappa shape index (κ2) is 7.86. The Morgan fingerprint density at radius 1 is 1.04 bits per heavy atom. The molecule has 0 bridgehead atoms. The van der Waals surface area contributed by atoms with Crippen LogP contribution in [0.25, 0.3) is 0 Å². The van der Waals surface area contributed by atoms with Gasteiger partial charge in [-0.2, -0.15) is 13.2 Å². The number of carbonyl (C=O) groups excluding carboxylic acids is 1. The van der Waals surface area contributed by atoms with Crippen LogP contribution >= 0.6 is 0 Å². The van der Waals surface area contributed by atoms with Crippen molar-refractivity contribution in [1.29, 1.82) is 0 Å². The maximum atomic E-state index is 12.5. The molecule has 0 heterocycles. The van der Waals surface area contributed by atoms with Crippen molar-refractivity contribution in [2.45, 2.75) is 25.9 Å². The van der Waals surface area contributed by atoms with Crippen molar-refractivity contribution in [3.8, 4) is 5.75 Å². The first-order chi connectivity index (χ1) is 11.4. The number of halogens is 3. The number of alkyl halides is 3. The molecule has 0 radical (unpaired) electrons. The van der Waals surface area contributed by atoms with Crippen LogP contribution < -0.4 is 10.1 Å².